The zero-order chi connectivity index (χ0) is 50.0. The average molecular weight is 969 g/mol. The van der Waals surface area contributed by atoms with Crippen LogP contribution in [0.2, 0.25) is 0 Å². The maximum Gasteiger partial charge on any atom is 0.305 e. The number of hydrogen-bond donors (Lipinski definition) is 3. The molecule has 2 unspecified atom stereocenters. The van der Waals surface area contributed by atoms with Crippen molar-refractivity contribution < 1.29 is 24.5 Å². The van der Waals surface area contributed by atoms with Gasteiger partial charge in [-0.25, -0.2) is 0 Å². The Hall–Kier alpha value is -2.18. The molecule has 0 radical (unpaired) electrons. The van der Waals surface area contributed by atoms with Crippen LogP contribution in [0.25, 0.3) is 0 Å². The topological polar surface area (TPSA) is 95.9 Å². The standard InChI is InChI=1S/C63H117NO5/c1-3-5-7-9-11-13-15-17-19-20-25-28-31-35-39-43-47-51-55-61(66)60(59-65)64-62(67)56-52-48-44-40-36-32-29-26-23-21-22-24-27-30-34-38-42-46-50-54-58-69-63(68)57-53-49-45-41-37-33-18-16-14-12-10-8-6-4-2/h10,12,16,18,21,23,51,55,60-61,65-66H,3-9,11,13-15,17,19-20,22,24-50,52-54,56-59H2,1-2H3,(H,64,67)/b12-10-,18-16-,23-21-,55-51+. The fourth-order valence-corrected chi connectivity index (χ4v) is 9.12. The van der Waals surface area contributed by atoms with Crippen molar-refractivity contribution in [2.24, 2.45) is 0 Å². The second-order valence-electron chi connectivity index (χ2n) is 20.7. The molecule has 0 aromatic carbocycles. The third kappa shape index (κ3) is 55.0. The normalized spacial score (nSPS) is 12.9. The van der Waals surface area contributed by atoms with E-state index in [0.717, 1.165) is 57.8 Å². The number of rotatable bonds is 56. The fourth-order valence-electron chi connectivity index (χ4n) is 9.12. The molecular formula is C63H117NO5. The molecule has 0 aliphatic carbocycles. The number of esters is 1. The first-order valence-corrected chi connectivity index (χ1v) is 30.4. The van der Waals surface area contributed by atoms with Gasteiger partial charge in [-0.05, 0) is 83.5 Å². The number of allylic oxidation sites excluding steroid dienone is 7. The molecular weight excluding hydrogens is 851 g/mol. The summed E-state index contributed by atoms with van der Waals surface area (Å²) >= 11 is 0. The maximum absolute atomic E-state index is 12.5. The van der Waals surface area contributed by atoms with E-state index in [9.17, 15) is 19.8 Å². The summed E-state index contributed by atoms with van der Waals surface area (Å²) < 4.78 is 5.47. The molecule has 0 fully saturated rings. The lowest BCUT2D eigenvalue weighted by Crippen LogP contribution is -2.45. The summed E-state index contributed by atoms with van der Waals surface area (Å²) in [6.45, 7) is 4.86. The van der Waals surface area contributed by atoms with E-state index in [4.69, 9.17) is 4.74 Å². The van der Waals surface area contributed by atoms with Crippen LogP contribution in [0.1, 0.15) is 316 Å². The van der Waals surface area contributed by atoms with Crippen molar-refractivity contribution in [1.82, 2.24) is 5.32 Å². The molecule has 0 aromatic heterocycles. The Kier molecular flexibility index (Phi) is 56.5. The molecule has 6 heteroatoms. The summed E-state index contributed by atoms with van der Waals surface area (Å²) in [6.07, 6.45) is 74.2. The van der Waals surface area contributed by atoms with Crippen LogP contribution in [0.4, 0.5) is 0 Å². The number of amides is 1. The number of carbonyl (C=O) groups excluding carboxylic acids is 2. The fraction of sp³-hybridized carbons (Fsp3) is 0.841. The van der Waals surface area contributed by atoms with Gasteiger partial charge in [-0.15, -0.1) is 0 Å². The molecule has 1 amide bonds. The lowest BCUT2D eigenvalue weighted by Gasteiger charge is -2.20. The first-order valence-electron chi connectivity index (χ1n) is 30.4. The van der Waals surface area contributed by atoms with Crippen molar-refractivity contribution in [3.8, 4) is 0 Å². The summed E-state index contributed by atoms with van der Waals surface area (Å²) in [5, 5.41) is 23.2. The summed E-state index contributed by atoms with van der Waals surface area (Å²) in [5.74, 6) is -0.0852. The Bertz CT molecular complexity index is 1160. The van der Waals surface area contributed by atoms with Crippen LogP contribution in [-0.2, 0) is 14.3 Å². The van der Waals surface area contributed by atoms with Gasteiger partial charge in [-0.2, -0.15) is 0 Å². The summed E-state index contributed by atoms with van der Waals surface area (Å²) in [7, 11) is 0. The van der Waals surface area contributed by atoms with Crippen molar-refractivity contribution >= 4 is 11.9 Å². The van der Waals surface area contributed by atoms with Gasteiger partial charge in [0.25, 0.3) is 0 Å². The minimum Gasteiger partial charge on any atom is -0.466 e. The van der Waals surface area contributed by atoms with Crippen LogP contribution in [0.5, 0.6) is 0 Å². The zero-order valence-electron chi connectivity index (χ0n) is 46.0. The van der Waals surface area contributed by atoms with Gasteiger partial charge in [0.05, 0.1) is 25.4 Å². The highest BCUT2D eigenvalue weighted by atomic mass is 16.5. The van der Waals surface area contributed by atoms with Gasteiger partial charge in [-0.3, -0.25) is 9.59 Å². The number of ether oxygens (including phenoxy) is 1. The van der Waals surface area contributed by atoms with Crippen LogP contribution in [0.15, 0.2) is 48.6 Å². The van der Waals surface area contributed by atoms with E-state index in [1.54, 1.807) is 6.08 Å². The minimum absolute atomic E-state index is 0.00941. The lowest BCUT2D eigenvalue weighted by molar-refractivity contribution is -0.143. The van der Waals surface area contributed by atoms with Gasteiger partial charge >= 0.3 is 5.97 Å². The van der Waals surface area contributed by atoms with E-state index >= 15 is 0 Å². The molecule has 0 spiro atoms. The van der Waals surface area contributed by atoms with Crippen molar-refractivity contribution in [2.45, 2.75) is 328 Å². The third-order valence-electron chi connectivity index (χ3n) is 13.8. The first-order chi connectivity index (χ1) is 34.0. The Morgan fingerprint density at radius 2 is 0.739 bits per heavy atom. The van der Waals surface area contributed by atoms with Crippen LogP contribution in [0.3, 0.4) is 0 Å². The number of carbonyl (C=O) groups is 2. The minimum atomic E-state index is -0.851. The molecule has 0 aliphatic rings. The molecule has 6 nitrogen and oxygen atoms in total. The van der Waals surface area contributed by atoms with E-state index in [-0.39, 0.29) is 18.5 Å². The molecule has 0 rings (SSSR count). The molecule has 3 N–H and O–H groups in total. The van der Waals surface area contributed by atoms with Gasteiger partial charge in [0, 0.05) is 12.8 Å². The SMILES string of the molecule is CCCC/C=C\C/C=C\CCCCCCCC(=O)OCCCCCCCCCCC/C=C\CCCCCCCCCC(=O)NC(CO)C(O)/C=C/CCCCCCCCCCCCCCCCCC. The molecule has 0 bridgehead atoms. The van der Waals surface area contributed by atoms with Gasteiger partial charge in [0.2, 0.25) is 5.91 Å². The Morgan fingerprint density at radius 3 is 1.16 bits per heavy atom. The molecule has 0 heterocycles. The number of aliphatic hydroxyl groups excluding tert-OH is 2. The predicted octanol–water partition coefficient (Wildman–Crippen LogP) is 19.0. The highest BCUT2D eigenvalue weighted by Gasteiger charge is 2.18. The smallest absolute Gasteiger partial charge is 0.305 e. The van der Waals surface area contributed by atoms with Crippen molar-refractivity contribution in [1.29, 1.82) is 0 Å². The summed E-state index contributed by atoms with van der Waals surface area (Å²) in [5.41, 5.74) is 0. The summed E-state index contributed by atoms with van der Waals surface area (Å²) in [6, 6.07) is -0.636. The monoisotopic (exact) mass is 968 g/mol. The van der Waals surface area contributed by atoms with Crippen molar-refractivity contribution in [3.05, 3.63) is 48.6 Å². The van der Waals surface area contributed by atoms with E-state index < -0.39 is 12.1 Å². The van der Waals surface area contributed by atoms with E-state index in [2.05, 4.69) is 55.6 Å². The Morgan fingerprint density at radius 1 is 0.406 bits per heavy atom. The second-order valence-corrected chi connectivity index (χ2v) is 20.7. The highest BCUT2D eigenvalue weighted by molar-refractivity contribution is 5.76. The van der Waals surface area contributed by atoms with Crippen LogP contribution in [-0.4, -0.2) is 47.4 Å². The lowest BCUT2D eigenvalue weighted by atomic mass is 10.0. The zero-order valence-corrected chi connectivity index (χ0v) is 46.0. The van der Waals surface area contributed by atoms with Crippen LogP contribution >= 0.6 is 0 Å². The molecule has 0 aromatic rings. The van der Waals surface area contributed by atoms with Crippen molar-refractivity contribution in [2.75, 3.05) is 13.2 Å². The number of unbranched alkanes of at least 4 members (excludes halogenated alkanes) is 39. The Balaban J connectivity index is 3.48. The maximum atomic E-state index is 12.5. The van der Waals surface area contributed by atoms with Gasteiger partial charge in [0.15, 0.2) is 0 Å². The van der Waals surface area contributed by atoms with E-state index in [0.29, 0.717) is 19.4 Å². The molecule has 404 valence electrons. The largest absolute Gasteiger partial charge is 0.466 e. The molecule has 0 saturated carbocycles. The van der Waals surface area contributed by atoms with E-state index in [1.165, 1.54) is 231 Å². The van der Waals surface area contributed by atoms with E-state index in [1.807, 2.05) is 6.08 Å². The quantitative estimate of drug-likeness (QED) is 0.0321. The van der Waals surface area contributed by atoms with Crippen LogP contribution < -0.4 is 5.32 Å². The number of hydrogen-bond acceptors (Lipinski definition) is 5. The average Bonchev–Trinajstić information content (AvgIpc) is 3.35. The van der Waals surface area contributed by atoms with Gasteiger partial charge in [-0.1, -0.05) is 268 Å². The molecule has 69 heavy (non-hydrogen) atoms. The predicted molar refractivity (Wildman–Crippen MR) is 301 cm³/mol. The highest BCUT2D eigenvalue weighted by Crippen LogP contribution is 2.16. The molecule has 0 saturated heterocycles. The van der Waals surface area contributed by atoms with Crippen molar-refractivity contribution in [3.63, 3.8) is 0 Å². The van der Waals surface area contributed by atoms with Crippen LogP contribution in [0, 0.1) is 0 Å². The van der Waals surface area contributed by atoms with Gasteiger partial charge in [0.1, 0.15) is 0 Å². The molecule has 2 atom stereocenters. The summed E-state index contributed by atoms with van der Waals surface area (Å²) in [4.78, 5) is 24.5. The number of nitrogens with one attached hydrogen (secondary N) is 1. The Labute approximate surface area is 429 Å². The number of aliphatic hydroxyl groups is 2. The third-order valence-corrected chi connectivity index (χ3v) is 13.8. The first kappa shape index (κ1) is 66.8. The van der Waals surface area contributed by atoms with Gasteiger partial charge < -0.3 is 20.3 Å². The molecule has 0 aliphatic heterocycles. The second kappa shape index (κ2) is 58.4.